The van der Waals surface area contributed by atoms with Crippen molar-refractivity contribution in [3.8, 4) is 0 Å². The van der Waals surface area contributed by atoms with Crippen molar-refractivity contribution < 1.29 is 4.79 Å². The van der Waals surface area contributed by atoms with Crippen LogP contribution in [0.25, 0.3) is 0 Å². The van der Waals surface area contributed by atoms with E-state index in [4.69, 9.17) is 5.73 Å². The van der Waals surface area contributed by atoms with E-state index in [0.717, 1.165) is 24.1 Å². The van der Waals surface area contributed by atoms with Gasteiger partial charge in [-0.1, -0.05) is 39.0 Å². The van der Waals surface area contributed by atoms with Crippen LogP contribution in [0.1, 0.15) is 65.7 Å². The van der Waals surface area contributed by atoms with Crippen molar-refractivity contribution in [2.75, 3.05) is 0 Å². The number of allylic oxidation sites excluding steroid dienone is 2. The lowest BCUT2D eigenvalue weighted by Crippen LogP contribution is -2.06. The molecule has 0 rings (SSSR count). The SMILES string of the molecule is CCCCCCCC/C(N)=C(/C)C(C)=O. The van der Waals surface area contributed by atoms with Crippen molar-refractivity contribution in [1.29, 1.82) is 0 Å². The highest BCUT2D eigenvalue weighted by Gasteiger charge is 2.02. The monoisotopic (exact) mass is 211 g/mol. The summed E-state index contributed by atoms with van der Waals surface area (Å²) in [5.74, 6) is 0.0958. The number of rotatable bonds is 8. The van der Waals surface area contributed by atoms with E-state index in [0.29, 0.717) is 0 Å². The van der Waals surface area contributed by atoms with Gasteiger partial charge in [-0.2, -0.15) is 0 Å². The van der Waals surface area contributed by atoms with Crippen molar-refractivity contribution in [2.24, 2.45) is 5.73 Å². The summed E-state index contributed by atoms with van der Waals surface area (Å²) < 4.78 is 0. The molecule has 0 aromatic carbocycles. The second kappa shape index (κ2) is 8.51. The van der Waals surface area contributed by atoms with E-state index in [2.05, 4.69) is 6.92 Å². The van der Waals surface area contributed by atoms with Gasteiger partial charge in [0.25, 0.3) is 0 Å². The lowest BCUT2D eigenvalue weighted by Gasteiger charge is -2.05. The Morgan fingerprint density at radius 3 is 2.07 bits per heavy atom. The number of nitrogens with two attached hydrogens (primary N) is 1. The van der Waals surface area contributed by atoms with Crippen LogP contribution in [-0.2, 0) is 4.79 Å². The highest BCUT2D eigenvalue weighted by molar-refractivity contribution is 5.93. The standard InChI is InChI=1S/C13H25NO/c1-4-5-6-7-8-9-10-13(14)11(2)12(3)15/h4-10,14H2,1-3H3/b13-11+. The average Bonchev–Trinajstić information content (AvgIpc) is 2.21. The van der Waals surface area contributed by atoms with Crippen LogP contribution in [0.15, 0.2) is 11.3 Å². The van der Waals surface area contributed by atoms with Gasteiger partial charge in [-0.05, 0) is 26.7 Å². The number of hydrogen-bond donors (Lipinski definition) is 1. The third-order valence-corrected chi connectivity index (χ3v) is 2.81. The van der Waals surface area contributed by atoms with Crippen LogP contribution in [0.3, 0.4) is 0 Å². The van der Waals surface area contributed by atoms with Crippen LogP contribution in [0.2, 0.25) is 0 Å². The molecule has 0 aliphatic carbocycles. The van der Waals surface area contributed by atoms with Crippen molar-refractivity contribution in [2.45, 2.75) is 65.7 Å². The smallest absolute Gasteiger partial charge is 0.157 e. The van der Waals surface area contributed by atoms with E-state index < -0.39 is 0 Å². The van der Waals surface area contributed by atoms with Gasteiger partial charge >= 0.3 is 0 Å². The Hall–Kier alpha value is -0.790. The summed E-state index contributed by atoms with van der Waals surface area (Å²) in [6.07, 6.45) is 8.44. The van der Waals surface area contributed by atoms with Crippen molar-refractivity contribution in [1.82, 2.24) is 0 Å². The minimum Gasteiger partial charge on any atom is -0.402 e. The normalized spacial score (nSPS) is 12.5. The summed E-state index contributed by atoms with van der Waals surface area (Å²) in [5, 5.41) is 0. The molecule has 0 atom stereocenters. The lowest BCUT2D eigenvalue weighted by atomic mass is 10.0. The minimum atomic E-state index is 0.0958. The fourth-order valence-electron chi connectivity index (χ4n) is 1.51. The van der Waals surface area contributed by atoms with Crippen LogP contribution >= 0.6 is 0 Å². The topological polar surface area (TPSA) is 43.1 Å². The fraction of sp³-hybridized carbons (Fsp3) is 0.769. The molecule has 2 N–H and O–H groups in total. The molecule has 0 spiro atoms. The largest absolute Gasteiger partial charge is 0.402 e. The third kappa shape index (κ3) is 7.18. The second-order valence-corrected chi connectivity index (χ2v) is 4.22. The van der Waals surface area contributed by atoms with Gasteiger partial charge in [-0.15, -0.1) is 0 Å². The van der Waals surface area contributed by atoms with E-state index in [1.807, 2.05) is 6.92 Å². The molecular formula is C13H25NO. The summed E-state index contributed by atoms with van der Waals surface area (Å²) in [6, 6.07) is 0. The Morgan fingerprint density at radius 1 is 1.00 bits per heavy atom. The highest BCUT2D eigenvalue weighted by atomic mass is 16.1. The molecule has 2 nitrogen and oxygen atoms in total. The zero-order valence-electron chi connectivity index (χ0n) is 10.4. The maximum Gasteiger partial charge on any atom is 0.157 e. The average molecular weight is 211 g/mol. The van der Waals surface area contributed by atoms with E-state index in [1.165, 1.54) is 32.1 Å². The van der Waals surface area contributed by atoms with E-state index in [-0.39, 0.29) is 5.78 Å². The Bertz CT molecular complexity index is 219. The quantitative estimate of drug-likeness (QED) is 0.493. The molecule has 0 bridgehead atoms. The van der Waals surface area contributed by atoms with Crippen molar-refractivity contribution in [3.05, 3.63) is 11.3 Å². The van der Waals surface area contributed by atoms with Gasteiger partial charge in [0.15, 0.2) is 5.78 Å². The first-order valence-corrected chi connectivity index (χ1v) is 6.05. The predicted molar refractivity (Wildman–Crippen MR) is 65.6 cm³/mol. The number of carbonyl (C=O) groups is 1. The molecule has 0 aliphatic heterocycles. The van der Waals surface area contributed by atoms with Gasteiger partial charge in [0.1, 0.15) is 0 Å². The van der Waals surface area contributed by atoms with E-state index >= 15 is 0 Å². The molecule has 0 heterocycles. The molecular weight excluding hydrogens is 186 g/mol. The molecule has 0 aromatic heterocycles. The molecule has 0 fully saturated rings. The molecule has 0 saturated heterocycles. The maximum atomic E-state index is 11.0. The molecule has 15 heavy (non-hydrogen) atoms. The summed E-state index contributed by atoms with van der Waals surface area (Å²) in [7, 11) is 0. The van der Waals surface area contributed by atoms with Crippen molar-refractivity contribution >= 4 is 5.78 Å². The maximum absolute atomic E-state index is 11.0. The van der Waals surface area contributed by atoms with Crippen LogP contribution in [0.4, 0.5) is 0 Å². The second-order valence-electron chi connectivity index (χ2n) is 4.22. The first-order valence-electron chi connectivity index (χ1n) is 6.05. The fourth-order valence-corrected chi connectivity index (χ4v) is 1.51. The van der Waals surface area contributed by atoms with Crippen LogP contribution in [-0.4, -0.2) is 5.78 Å². The predicted octanol–water partition coefficient (Wildman–Crippen LogP) is 3.56. The lowest BCUT2D eigenvalue weighted by molar-refractivity contribution is -0.113. The summed E-state index contributed by atoms with van der Waals surface area (Å²) in [6.45, 7) is 5.61. The van der Waals surface area contributed by atoms with Gasteiger partial charge in [0.05, 0.1) is 0 Å². The van der Waals surface area contributed by atoms with Crippen LogP contribution < -0.4 is 5.73 Å². The molecule has 0 aliphatic rings. The molecule has 88 valence electrons. The zero-order chi connectivity index (χ0) is 11.7. The van der Waals surface area contributed by atoms with Gasteiger partial charge in [0, 0.05) is 11.3 Å². The Morgan fingerprint density at radius 2 is 1.53 bits per heavy atom. The molecule has 2 heteroatoms. The third-order valence-electron chi connectivity index (χ3n) is 2.81. The Balaban J connectivity index is 3.59. The molecule has 0 radical (unpaired) electrons. The van der Waals surface area contributed by atoms with Crippen LogP contribution in [0.5, 0.6) is 0 Å². The molecule has 0 saturated carbocycles. The molecule has 0 amide bonds. The van der Waals surface area contributed by atoms with Crippen molar-refractivity contribution in [3.63, 3.8) is 0 Å². The Labute approximate surface area is 93.9 Å². The number of hydrogen-bond acceptors (Lipinski definition) is 2. The van der Waals surface area contributed by atoms with Gasteiger partial charge in [0.2, 0.25) is 0 Å². The number of carbonyl (C=O) groups excluding carboxylic acids is 1. The first-order chi connectivity index (χ1) is 7.09. The van der Waals surface area contributed by atoms with E-state index in [9.17, 15) is 4.79 Å². The zero-order valence-corrected chi connectivity index (χ0v) is 10.4. The van der Waals surface area contributed by atoms with Gasteiger partial charge in [-0.3, -0.25) is 4.79 Å². The van der Waals surface area contributed by atoms with E-state index in [1.54, 1.807) is 6.92 Å². The first kappa shape index (κ1) is 14.2. The summed E-state index contributed by atoms with van der Waals surface area (Å²) in [5.41, 5.74) is 7.33. The van der Waals surface area contributed by atoms with Crippen LogP contribution in [0, 0.1) is 0 Å². The van der Waals surface area contributed by atoms with Gasteiger partial charge in [-0.25, -0.2) is 0 Å². The molecule has 0 unspecified atom stereocenters. The van der Waals surface area contributed by atoms with Gasteiger partial charge < -0.3 is 5.73 Å². The Kier molecular flexibility index (Phi) is 8.06. The molecule has 0 aromatic rings. The minimum absolute atomic E-state index is 0.0958. The number of Topliss-reactive ketones (excluding diaryl/α,β-unsaturated/α-hetero) is 1. The number of unbranched alkanes of at least 4 members (excludes halogenated alkanes) is 5. The summed E-state index contributed by atoms with van der Waals surface area (Å²) in [4.78, 5) is 11.0. The highest BCUT2D eigenvalue weighted by Crippen LogP contribution is 2.11. The summed E-state index contributed by atoms with van der Waals surface area (Å²) >= 11 is 0. The number of ketones is 1.